The lowest BCUT2D eigenvalue weighted by Gasteiger charge is -2.16. The lowest BCUT2D eigenvalue weighted by Crippen LogP contribution is -2.15. The SMILES string of the molecule is COc1cc(-c2cnn3cc(C(C)(C)C#N)cnc23)cc(OC(F)F)c1C(=O)C[C@@H]1C[C@@H]1F. The van der Waals surface area contributed by atoms with Crippen LogP contribution in [0.1, 0.15) is 42.6 Å². The van der Waals surface area contributed by atoms with Gasteiger partial charge in [0.2, 0.25) is 0 Å². The van der Waals surface area contributed by atoms with Crippen LogP contribution in [0.15, 0.2) is 30.7 Å². The number of rotatable bonds is 8. The minimum atomic E-state index is -3.18. The predicted molar refractivity (Wildman–Crippen MR) is 112 cm³/mol. The zero-order chi connectivity index (χ0) is 23.9. The topological polar surface area (TPSA) is 89.5 Å². The van der Waals surface area contributed by atoms with E-state index < -0.39 is 29.9 Å². The summed E-state index contributed by atoms with van der Waals surface area (Å²) in [5.74, 6) is -1.27. The fourth-order valence-electron chi connectivity index (χ4n) is 3.60. The van der Waals surface area contributed by atoms with E-state index >= 15 is 0 Å². The molecular weight excluding hydrogens is 437 g/mol. The number of Topliss-reactive ketones (excluding diaryl/α,β-unsaturated/α-hetero) is 1. The molecule has 1 aliphatic rings. The maximum absolute atomic E-state index is 13.3. The van der Waals surface area contributed by atoms with E-state index in [2.05, 4.69) is 20.9 Å². The summed E-state index contributed by atoms with van der Waals surface area (Å²) in [5.41, 5.74) is 1.01. The summed E-state index contributed by atoms with van der Waals surface area (Å²) in [7, 11) is 1.31. The molecule has 3 aromatic rings. The number of hydrogen-bond donors (Lipinski definition) is 0. The van der Waals surface area contributed by atoms with Crippen molar-refractivity contribution >= 4 is 11.4 Å². The van der Waals surface area contributed by atoms with Crippen molar-refractivity contribution in [2.75, 3.05) is 7.11 Å². The standard InChI is InChI=1S/C23H21F3N4O3/c1-23(2,11-27)14-8-28-21-15(9-29-30(21)10-14)12-6-18(32-3)20(19(7-12)33-22(25)26)17(31)5-13-4-16(13)24/h6-10,13,16,22H,4-5H2,1-3H3/t13-,16-/m0/s1. The van der Waals surface area contributed by atoms with Gasteiger partial charge >= 0.3 is 6.61 Å². The molecule has 10 heteroatoms. The smallest absolute Gasteiger partial charge is 0.387 e. The van der Waals surface area contributed by atoms with Gasteiger partial charge in [0, 0.05) is 35.9 Å². The Hall–Kier alpha value is -3.61. The minimum Gasteiger partial charge on any atom is -0.496 e. The Morgan fingerprint density at radius 2 is 2.03 bits per heavy atom. The third-order valence-corrected chi connectivity index (χ3v) is 5.73. The van der Waals surface area contributed by atoms with Crippen molar-refractivity contribution in [3.63, 3.8) is 0 Å². The zero-order valence-corrected chi connectivity index (χ0v) is 18.2. The summed E-state index contributed by atoms with van der Waals surface area (Å²) < 4.78 is 51.1. The molecule has 33 heavy (non-hydrogen) atoms. The van der Waals surface area contributed by atoms with Crippen molar-refractivity contribution in [2.45, 2.75) is 44.9 Å². The van der Waals surface area contributed by atoms with Gasteiger partial charge < -0.3 is 9.47 Å². The molecule has 1 aliphatic carbocycles. The number of ether oxygens (including phenoxy) is 2. The van der Waals surface area contributed by atoms with Gasteiger partial charge in [0.25, 0.3) is 0 Å². The Kier molecular flexibility index (Phi) is 5.74. The number of benzene rings is 1. The van der Waals surface area contributed by atoms with Crippen molar-refractivity contribution in [3.05, 3.63) is 41.9 Å². The van der Waals surface area contributed by atoms with Gasteiger partial charge in [-0.25, -0.2) is 13.9 Å². The molecule has 4 rings (SSSR count). The molecular formula is C23H21F3N4O3. The molecule has 0 radical (unpaired) electrons. The van der Waals surface area contributed by atoms with Gasteiger partial charge in [-0.1, -0.05) is 0 Å². The van der Waals surface area contributed by atoms with Crippen LogP contribution >= 0.6 is 0 Å². The molecule has 0 N–H and O–H groups in total. The first kappa shape index (κ1) is 22.6. The number of halogens is 3. The number of carbonyl (C=O) groups is 1. The third kappa shape index (κ3) is 4.35. The molecule has 2 atom stereocenters. The van der Waals surface area contributed by atoms with Crippen LogP contribution in [0.5, 0.6) is 11.5 Å². The normalized spacial score (nSPS) is 17.8. The molecule has 1 saturated carbocycles. The highest BCUT2D eigenvalue weighted by molar-refractivity contribution is 6.02. The summed E-state index contributed by atoms with van der Waals surface area (Å²) in [5, 5.41) is 13.6. The Morgan fingerprint density at radius 3 is 2.64 bits per heavy atom. The molecule has 7 nitrogen and oxygen atoms in total. The number of carbonyl (C=O) groups excluding carboxylic acids is 1. The number of methoxy groups -OCH3 is 1. The van der Waals surface area contributed by atoms with E-state index in [0.717, 1.165) is 0 Å². The van der Waals surface area contributed by atoms with Gasteiger partial charge in [-0.15, -0.1) is 0 Å². The summed E-state index contributed by atoms with van der Waals surface area (Å²) in [6, 6.07) is 5.01. The van der Waals surface area contributed by atoms with Gasteiger partial charge in [-0.3, -0.25) is 4.79 Å². The lowest BCUT2D eigenvalue weighted by atomic mass is 9.89. The zero-order valence-electron chi connectivity index (χ0n) is 18.2. The van der Waals surface area contributed by atoms with Crippen LogP contribution < -0.4 is 9.47 Å². The fraction of sp³-hybridized carbons (Fsp3) is 0.391. The predicted octanol–water partition coefficient (Wildman–Crippen LogP) is 4.74. The molecule has 1 aromatic carbocycles. The van der Waals surface area contributed by atoms with Crippen LogP contribution in [0, 0.1) is 17.2 Å². The molecule has 2 heterocycles. The largest absolute Gasteiger partial charge is 0.496 e. The van der Waals surface area contributed by atoms with Crippen LogP contribution in [0.25, 0.3) is 16.8 Å². The molecule has 0 spiro atoms. The summed E-state index contributed by atoms with van der Waals surface area (Å²) in [6.07, 6.45) is 3.82. The van der Waals surface area contributed by atoms with E-state index in [4.69, 9.17) is 4.74 Å². The molecule has 0 saturated heterocycles. The molecule has 1 fully saturated rings. The Labute approximate surface area is 187 Å². The number of nitriles is 1. The molecule has 172 valence electrons. The highest BCUT2D eigenvalue weighted by atomic mass is 19.3. The molecule has 0 aliphatic heterocycles. The van der Waals surface area contributed by atoms with E-state index in [1.807, 2.05) is 0 Å². The van der Waals surface area contributed by atoms with E-state index in [1.165, 1.54) is 30.0 Å². The van der Waals surface area contributed by atoms with E-state index in [9.17, 15) is 23.2 Å². The van der Waals surface area contributed by atoms with Gasteiger partial charge in [-0.05, 0) is 38.0 Å². The van der Waals surface area contributed by atoms with Crippen LogP contribution in [-0.2, 0) is 5.41 Å². The molecule has 2 aromatic heterocycles. The highest BCUT2D eigenvalue weighted by Crippen LogP contribution is 2.42. The Balaban J connectivity index is 1.80. The van der Waals surface area contributed by atoms with Gasteiger partial charge in [-0.2, -0.15) is 19.1 Å². The van der Waals surface area contributed by atoms with Crippen LogP contribution in [0.4, 0.5) is 13.2 Å². The first-order chi connectivity index (χ1) is 15.6. The van der Waals surface area contributed by atoms with E-state index in [0.29, 0.717) is 22.3 Å². The molecule has 0 bridgehead atoms. The Morgan fingerprint density at radius 1 is 1.33 bits per heavy atom. The monoisotopic (exact) mass is 458 g/mol. The maximum atomic E-state index is 13.3. The van der Waals surface area contributed by atoms with Gasteiger partial charge in [0.1, 0.15) is 23.2 Å². The van der Waals surface area contributed by atoms with Crippen LogP contribution in [-0.4, -0.2) is 40.3 Å². The third-order valence-electron chi connectivity index (χ3n) is 5.73. The number of ketones is 1. The second-order valence-electron chi connectivity index (χ2n) is 8.48. The van der Waals surface area contributed by atoms with Gasteiger partial charge in [0.15, 0.2) is 11.4 Å². The number of aromatic nitrogens is 3. The number of alkyl halides is 3. The summed E-state index contributed by atoms with van der Waals surface area (Å²) in [4.78, 5) is 17.2. The quantitative estimate of drug-likeness (QED) is 0.453. The summed E-state index contributed by atoms with van der Waals surface area (Å²) in [6.45, 7) is 0.326. The van der Waals surface area contributed by atoms with E-state index in [1.54, 1.807) is 26.2 Å². The van der Waals surface area contributed by atoms with Crippen molar-refractivity contribution < 1.29 is 27.4 Å². The van der Waals surface area contributed by atoms with Crippen LogP contribution in [0.2, 0.25) is 0 Å². The van der Waals surface area contributed by atoms with Gasteiger partial charge in [0.05, 0.1) is 24.8 Å². The summed E-state index contributed by atoms with van der Waals surface area (Å²) >= 11 is 0. The second kappa shape index (κ2) is 8.39. The molecule has 0 amide bonds. The molecule has 0 unspecified atom stereocenters. The average molecular weight is 458 g/mol. The second-order valence-corrected chi connectivity index (χ2v) is 8.48. The first-order valence-corrected chi connectivity index (χ1v) is 10.2. The number of nitrogens with zero attached hydrogens (tertiary/aromatic N) is 4. The fourth-order valence-corrected chi connectivity index (χ4v) is 3.60. The first-order valence-electron chi connectivity index (χ1n) is 10.2. The van der Waals surface area contributed by atoms with Crippen LogP contribution in [0.3, 0.4) is 0 Å². The van der Waals surface area contributed by atoms with Crippen molar-refractivity contribution in [2.24, 2.45) is 5.92 Å². The highest BCUT2D eigenvalue weighted by Gasteiger charge is 2.40. The van der Waals surface area contributed by atoms with E-state index in [-0.39, 0.29) is 29.9 Å². The average Bonchev–Trinajstić information content (AvgIpc) is 3.30. The minimum absolute atomic E-state index is 0.0331. The Bertz CT molecular complexity index is 1270. The lowest BCUT2D eigenvalue weighted by molar-refractivity contribution is -0.0502. The van der Waals surface area contributed by atoms with Crippen molar-refractivity contribution in [3.8, 4) is 28.7 Å². The van der Waals surface area contributed by atoms with Crippen molar-refractivity contribution in [1.82, 2.24) is 14.6 Å². The number of hydrogen-bond acceptors (Lipinski definition) is 6. The van der Waals surface area contributed by atoms with Crippen molar-refractivity contribution in [1.29, 1.82) is 5.26 Å². The number of fused-ring (bicyclic) bond motifs is 1. The maximum Gasteiger partial charge on any atom is 0.387 e.